The third-order valence-electron chi connectivity index (χ3n) is 6.85. The number of carbonyl (C=O) groups excluding carboxylic acids is 1. The van der Waals surface area contributed by atoms with Crippen LogP contribution in [0.25, 0.3) is 44.6 Å². The smallest absolute Gasteiger partial charge is 0.254 e. The van der Waals surface area contributed by atoms with Crippen molar-refractivity contribution in [3.05, 3.63) is 65.8 Å². The molecule has 1 aliphatic heterocycles. The molecule has 37 heavy (non-hydrogen) atoms. The van der Waals surface area contributed by atoms with Crippen molar-refractivity contribution in [2.24, 2.45) is 0 Å². The summed E-state index contributed by atoms with van der Waals surface area (Å²) < 4.78 is 48.3. The van der Waals surface area contributed by atoms with Crippen LogP contribution >= 0.6 is 0 Å². The highest BCUT2D eigenvalue weighted by Crippen LogP contribution is 2.39. The van der Waals surface area contributed by atoms with Crippen LogP contribution in [-0.2, 0) is 23.0 Å². The van der Waals surface area contributed by atoms with E-state index in [1.54, 1.807) is 30.5 Å². The number of aryl methyl sites for hydroxylation is 2. The van der Waals surface area contributed by atoms with Gasteiger partial charge >= 0.3 is 0 Å². The number of hydrogen-bond donors (Lipinski definition) is 1. The van der Waals surface area contributed by atoms with Crippen LogP contribution in [0.3, 0.4) is 0 Å². The second-order valence-corrected chi connectivity index (χ2v) is 11.0. The molecule has 1 aliphatic rings. The summed E-state index contributed by atoms with van der Waals surface area (Å²) in [6, 6.07) is 10.0. The van der Waals surface area contributed by atoms with Crippen LogP contribution in [0.4, 0.5) is 10.1 Å². The molecule has 0 saturated carbocycles. The summed E-state index contributed by atoms with van der Waals surface area (Å²) in [6.07, 6.45) is 4.82. The van der Waals surface area contributed by atoms with Gasteiger partial charge in [0.25, 0.3) is 5.91 Å². The molecule has 5 aromatic rings. The first-order chi connectivity index (χ1) is 17.7. The van der Waals surface area contributed by atoms with Gasteiger partial charge in [0.2, 0.25) is 10.0 Å². The summed E-state index contributed by atoms with van der Waals surface area (Å²) in [4.78, 5) is 21.8. The summed E-state index contributed by atoms with van der Waals surface area (Å²) in [7, 11) is -0.698. The Labute approximate surface area is 211 Å². The van der Waals surface area contributed by atoms with E-state index in [1.165, 1.54) is 26.4 Å². The molecule has 9 nitrogen and oxygen atoms in total. The van der Waals surface area contributed by atoms with Crippen molar-refractivity contribution in [1.29, 1.82) is 0 Å². The number of rotatable bonds is 4. The first-order valence-electron chi connectivity index (χ1n) is 11.5. The van der Waals surface area contributed by atoms with Gasteiger partial charge in [-0.25, -0.2) is 22.8 Å². The van der Waals surface area contributed by atoms with Gasteiger partial charge < -0.3 is 14.3 Å². The zero-order valence-corrected chi connectivity index (χ0v) is 21.1. The van der Waals surface area contributed by atoms with Gasteiger partial charge in [0.15, 0.2) is 5.82 Å². The number of sulfonamides is 1. The Kier molecular flexibility index (Phi) is 5.09. The van der Waals surface area contributed by atoms with Crippen molar-refractivity contribution in [3.8, 4) is 22.8 Å². The van der Waals surface area contributed by atoms with E-state index in [1.807, 2.05) is 10.6 Å². The van der Waals surface area contributed by atoms with Gasteiger partial charge in [0.1, 0.15) is 17.7 Å². The zero-order valence-electron chi connectivity index (χ0n) is 20.2. The Morgan fingerprint density at radius 3 is 2.78 bits per heavy atom. The molecule has 0 saturated heterocycles. The second-order valence-electron chi connectivity index (χ2n) is 9.00. The number of anilines is 1. The van der Waals surface area contributed by atoms with Crippen molar-refractivity contribution in [1.82, 2.24) is 19.9 Å². The first kappa shape index (κ1) is 23.2. The molecule has 0 radical (unpaired) electrons. The number of carbonyl (C=O) groups is 1. The van der Waals surface area contributed by atoms with E-state index in [0.717, 1.165) is 27.3 Å². The van der Waals surface area contributed by atoms with E-state index in [2.05, 4.69) is 10.3 Å². The Hall–Kier alpha value is -4.25. The largest absolute Gasteiger partial charge is 0.463 e. The average Bonchev–Trinajstić information content (AvgIpc) is 3.48. The van der Waals surface area contributed by atoms with Gasteiger partial charge in [-0.15, -0.1) is 0 Å². The van der Waals surface area contributed by atoms with E-state index in [0.29, 0.717) is 51.8 Å². The Morgan fingerprint density at radius 1 is 1.22 bits per heavy atom. The van der Waals surface area contributed by atoms with Crippen LogP contribution in [0.5, 0.6) is 0 Å². The molecular weight excluding hydrogens is 497 g/mol. The van der Waals surface area contributed by atoms with Gasteiger partial charge in [-0.1, -0.05) is 6.07 Å². The van der Waals surface area contributed by atoms with Gasteiger partial charge in [0.05, 0.1) is 34.4 Å². The van der Waals surface area contributed by atoms with Gasteiger partial charge in [-0.2, -0.15) is 0 Å². The topological polar surface area (TPSA) is 110 Å². The maximum absolute atomic E-state index is 14.5. The highest BCUT2D eigenvalue weighted by atomic mass is 32.2. The molecular formula is C26H22FN5O4S. The lowest BCUT2D eigenvalue weighted by Crippen LogP contribution is -2.25. The molecule has 1 N–H and O–H groups in total. The predicted molar refractivity (Wildman–Crippen MR) is 138 cm³/mol. The van der Waals surface area contributed by atoms with Crippen molar-refractivity contribution in [3.63, 3.8) is 0 Å². The molecule has 0 atom stereocenters. The molecule has 188 valence electrons. The SMILES string of the molecule is CNC(=O)c1coc2cc(N(C)S(C)(=O)=O)c(-c3ncc4c(n3)-c3cc5c(F)cccc5n3CC4)cc12. The summed E-state index contributed by atoms with van der Waals surface area (Å²) in [5, 5.41) is 3.59. The fourth-order valence-electron chi connectivity index (χ4n) is 4.85. The number of amides is 1. The average molecular weight is 520 g/mol. The standard InChI is InChI=1S/C26H22FN5O4S/c1-28-26(33)18-13-36-23-11-21(31(2)37(3,34)35)17(9-15(18)23)25-29-12-14-7-8-32-20-6-4-5-19(27)16(20)10-22(32)24(14)30-25/h4-6,9-13H,7-8H2,1-3H3,(H,28,33). The molecule has 0 aliphatic carbocycles. The summed E-state index contributed by atoms with van der Waals surface area (Å²) in [5.74, 6) is -0.374. The molecule has 2 aromatic carbocycles. The Morgan fingerprint density at radius 2 is 2.03 bits per heavy atom. The molecule has 11 heteroatoms. The van der Waals surface area contributed by atoms with Crippen LogP contribution in [0.15, 0.2) is 53.3 Å². The molecule has 3 aromatic heterocycles. The van der Waals surface area contributed by atoms with E-state index in [4.69, 9.17) is 9.40 Å². The normalized spacial score (nSPS) is 13.0. The first-order valence-corrected chi connectivity index (χ1v) is 13.4. The summed E-state index contributed by atoms with van der Waals surface area (Å²) >= 11 is 0. The fraction of sp³-hybridized carbons (Fsp3) is 0.192. The van der Waals surface area contributed by atoms with Crippen LogP contribution in [0, 0.1) is 5.82 Å². The number of nitrogens with zero attached hydrogens (tertiary/aromatic N) is 4. The van der Waals surface area contributed by atoms with E-state index in [9.17, 15) is 17.6 Å². The van der Waals surface area contributed by atoms with E-state index < -0.39 is 10.0 Å². The quantitative estimate of drug-likeness (QED) is 0.385. The lowest BCUT2D eigenvalue weighted by Gasteiger charge is -2.22. The molecule has 0 bridgehead atoms. The number of halogens is 1. The second kappa shape index (κ2) is 8.13. The van der Waals surface area contributed by atoms with Crippen molar-refractivity contribution >= 4 is 43.5 Å². The van der Waals surface area contributed by atoms with Crippen LogP contribution in [0.1, 0.15) is 15.9 Å². The number of hydrogen-bond acceptors (Lipinski definition) is 6. The van der Waals surface area contributed by atoms with E-state index >= 15 is 0 Å². The minimum Gasteiger partial charge on any atom is -0.463 e. The molecule has 4 heterocycles. The summed E-state index contributed by atoms with van der Waals surface area (Å²) in [5.41, 5.74) is 4.48. The van der Waals surface area contributed by atoms with Crippen LogP contribution < -0.4 is 9.62 Å². The van der Waals surface area contributed by atoms with Crippen LogP contribution in [0.2, 0.25) is 0 Å². The third kappa shape index (κ3) is 3.57. The highest BCUT2D eigenvalue weighted by molar-refractivity contribution is 7.92. The molecule has 1 amide bonds. The van der Waals surface area contributed by atoms with Crippen molar-refractivity contribution in [2.45, 2.75) is 13.0 Å². The van der Waals surface area contributed by atoms with Gasteiger partial charge in [-0.3, -0.25) is 9.10 Å². The minimum absolute atomic E-state index is 0.273. The number of fused-ring (bicyclic) bond motifs is 6. The predicted octanol–water partition coefficient (Wildman–Crippen LogP) is 3.96. The van der Waals surface area contributed by atoms with Crippen LogP contribution in [-0.4, -0.2) is 49.2 Å². The lowest BCUT2D eigenvalue weighted by atomic mass is 10.0. The van der Waals surface area contributed by atoms with Crippen molar-refractivity contribution < 1.29 is 22.0 Å². The maximum atomic E-state index is 14.5. The monoisotopic (exact) mass is 519 g/mol. The number of nitrogens with one attached hydrogen (secondary N) is 1. The maximum Gasteiger partial charge on any atom is 0.254 e. The number of benzene rings is 2. The Bertz CT molecular complexity index is 1860. The number of furan rings is 1. The molecule has 6 rings (SSSR count). The van der Waals surface area contributed by atoms with E-state index in [-0.39, 0.29) is 17.5 Å². The van der Waals surface area contributed by atoms with Gasteiger partial charge in [0, 0.05) is 54.8 Å². The van der Waals surface area contributed by atoms with Gasteiger partial charge in [-0.05, 0) is 30.7 Å². The molecule has 0 spiro atoms. The molecule has 0 fully saturated rings. The fourth-order valence-corrected chi connectivity index (χ4v) is 5.36. The summed E-state index contributed by atoms with van der Waals surface area (Å²) in [6.45, 7) is 0.663. The highest BCUT2D eigenvalue weighted by Gasteiger charge is 2.26. The zero-order chi connectivity index (χ0) is 26.1. The lowest BCUT2D eigenvalue weighted by molar-refractivity contribution is 0.0964. The number of aromatic nitrogens is 3. The third-order valence-corrected chi connectivity index (χ3v) is 8.04. The minimum atomic E-state index is -3.65. The van der Waals surface area contributed by atoms with Crippen molar-refractivity contribution in [2.75, 3.05) is 24.7 Å². The molecule has 0 unspecified atom stereocenters. The Balaban J connectivity index is 1.61.